The van der Waals surface area contributed by atoms with Crippen LogP contribution in [0, 0.1) is 0 Å². The van der Waals surface area contributed by atoms with Gasteiger partial charge in [0.25, 0.3) is 0 Å². The van der Waals surface area contributed by atoms with Gasteiger partial charge >= 0.3 is 0 Å². The van der Waals surface area contributed by atoms with E-state index in [1.54, 1.807) is 0 Å². The fourth-order valence-corrected chi connectivity index (χ4v) is 3.88. The molecule has 3 aliphatic heterocycles. The lowest BCUT2D eigenvalue weighted by molar-refractivity contribution is 0.0503. The maximum atomic E-state index is 5.10. The Morgan fingerprint density at radius 1 is 0.643 bits per heavy atom. The molecule has 0 bridgehead atoms. The second-order valence-electron chi connectivity index (χ2n) is 7.87. The van der Waals surface area contributed by atoms with Gasteiger partial charge in [-0.2, -0.15) is 0 Å². The third-order valence-corrected chi connectivity index (χ3v) is 5.70. The van der Waals surface area contributed by atoms with Crippen LogP contribution >= 0.6 is 0 Å². The van der Waals surface area contributed by atoms with E-state index in [4.69, 9.17) is 4.74 Å². The van der Waals surface area contributed by atoms with Crippen molar-refractivity contribution in [3.8, 4) is 0 Å². The van der Waals surface area contributed by atoms with Gasteiger partial charge in [0.05, 0.1) is 13.2 Å². The van der Waals surface area contributed by atoms with Crippen molar-refractivity contribution in [2.75, 3.05) is 70.3 Å². The third-order valence-electron chi connectivity index (χ3n) is 5.70. The molecule has 5 rings (SSSR count). The Hall–Kier alpha value is -2.04. The number of para-hydroxylation sites is 2. The number of fused-ring (bicyclic) bond motifs is 2. The number of nitrogens with zero attached hydrogens (tertiary/aromatic N) is 3. The zero-order chi connectivity index (χ0) is 19.8. The second kappa shape index (κ2) is 10.5. The molecule has 1 fully saturated rings. The number of ether oxygens (including phenoxy) is 1. The van der Waals surface area contributed by atoms with Crippen LogP contribution in [0.1, 0.15) is 17.5 Å². The Morgan fingerprint density at radius 3 is 1.71 bits per heavy atom. The molecule has 0 saturated carbocycles. The molecule has 0 radical (unpaired) electrons. The summed E-state index contributed by atoms with van der Waals surface area (Å²) in [6.45, 7) is 6.41. The number of likely N-dealkylation sites (N-methyl/N-ethyl adjacent to an activating group) is 2. The fraction of sp³-hybridized carbons (Fsp3) is 0.500. The molecule has 3 heterocycles. The highest BCUT2D eigenvalue weighted by Gasteiger charge is 2.13. The average molecular weight is 382 g/mol. The van der Waals surface area contributed by atoms with Gasteiger partial charge in [-0.15, -0.1) is 0 Å². The van der Waals surface area contributed by atoms with Gasteiger partial charge in [0.1, 0.15) is 0 Å². The molecule has 2 aromatic rings. The highest BCUT2D eigenvalue weighted by molar-refractivity contribution is 5.57. The molecule has 0 atom stereocenters. The van der Waals surface area contributed by atoms with Gasteiger partial charge in [0.15, 0.2) is 0 Å². The molecule has 152 valence electrons. The predicted octanol–water partition coefficient (Wildman–Crippen LogP) is 3.70. The van der Waals surface area contributed by atoms with Crippen LogP contribution in [0.25, 0.3) is 0 Å². The Kier molecular flexibility index (Phi) is 7.75. The Morgan fingerprint density at radius 2 is 1.18 bits per heavy atom. The minimum absolute atomic E-state index is 0.913. The molecule has 0 N–H and O–H groups in total. The molecule has 3 aliphatic rings. The van der Waals surface area contributed by atoms with E-state index in [-0.39, 0.29) is 0 Å². The van der Waals surface area contributed by atoms with Crippen molar-refractivity contribution >= 4 is 11.4 Å². The van der Waals surface area contributed by atoms with Crippen molar-refractivity contribution in [1.29, 1.82) is 0 Å². The van der Waals surface area contributed by atoms with Crippen molar-refractivity contribution in [2.24, 2.45) is 0 Å². The molecule has 0 aromatic heterocycles. The lowest BCUT2D eigenvalue weighted by Crippen LogP contribution is -2.32. The summed E-state index contributed by atoms with van der Waals surface area (Å²) in [7, 11) is 6.42. The molecule has 0 spiro atoms. The molecule has 2 aromatic carbocycles. The Bertz CT molecular complexity index is 727. The zero-order valence-corrected chi connectivity index (χ0v) is 17.7. The number of hydrogen-bond acceptors (Lipinski definition) is 4. The van der Waals surface area contributed by atoms with Gasteiger partial charge in [-0.3, -0.25) is 0 Å². The molecular formula is C24H35N3O. The van der Waals surface area contributed by atoms with Gasteiger partial charge in [-0.25, -0.2) is 0 Å². The predicted molar refractivity (Wildman–Crippen MR) is 120 cm³/mol. The summed E-state index contributed by atoms with van der Waals surface area (Å²) in [5.74, 6) is 0. The van der Waals surface area contributed by atoms with Crippen LogP contribution in [0.5, 0.6) is 0 Å². The topological polar surface area (TPSA) is 19.0 Å². The maximum Gasteiger partial charge on any atom is 0.0594 e. The molecule has 0 unspecified atom stereocenters. The van der Waals surface area contributed by atoms with E-state index in [1.807, 2.05) is 0 Å². The van der Waals surface area contributed by atoms with Crippen molar-refractivity contribution in [3.05, 3.63) is 59.7 Å². The largest absolute Gasteiger partial charge is 0.379 e. The third kappa shape index (κ3) is 5.73. The highest BCUT2D eigenvalue weighted by atomic mass is 16.5. The summed E-state index contributed by atoms with van der Waals surface area (Å²) in [5.41, 5.74) is 5.81. The van der Waals surface area contributed by atoms with Crippen LogP contribution < -0.4 is 9.80 Å². The van der Waals surface area contributed by atoms with E-state index >= 15 is 0 Å². The summed E-state index contributed by atoms with van der Waals surface area (Å²) in [4.78, 5) is 6.90. The van der Waals surface area contributed by atoms with Crippen LogP contribution in [0.2, 0.25) is 0 Å². The SMILES string of the molecule is CN1CCCc2ccccc21.CN1CCOCC1.CN1CCc2ccccc21. The van der Waals surface area contributed by atoms with Crippen LogP contribution in [-0.4, -0.2) is 65.4 Å². The number of morpholine rings is 1. The molecular weight excluding hydrogens is 346 g/mol. The number of aryl methyl sites for hydroxylation is 1. The molecule has 28 heavy (non-hydrogen) atoms. The summed E-state index contributed by atoms with van der Waals surface area (Å²) in [5, 5.41) is 0. The lowest BCUT2D eigenvalue weighted by Gasteiger charge is -2.26. The second-order valence-corrected chi connectivity index (χ2v) is 7.87. The van der Waals surface area contributed by atoms with Crippen molar-refractivity contribution in [1.82, 2.24) is 4.90 Å². The number of hydrogen-bond donors (Lipinski definition) is 0. The first-order valence-corrected chi connectivity index (χ1v) is 10.5. The lowest BCUT2D eigenvalue weighted by atomic mass is 10.0. The number of benzene rings is 2. The Balaban J connectivity index is 0.000000124. The number of anilines is 2. The Labute approximate surface area is 170 Å². The normalized spacial score (nSPS) is 18.2. The van der Waals surface area contributed by atoms with Crippen molar-refractivity contribution in [3.63, 3.8) is 0 Å². The van der Waals surface area contributed by atoms with Gasteiger partial charge < -0.3 is 19.4 Å². The molecule has 4 nitrogen and oxygen atoms in total. The molecule has 0 aliphatic carbocycles. The number of rotatable bonds is 0. The van der Waals surface area contributed by atoms with E-state index < -0.39 is 0 Å². The highest BCUT2D eigenvalue weighted by Crippen LogP contribution is 2.25. The first-order chi connectivity index (χ1) is 13.6. The molecule has 0 amide bonds. The minimum atomic E-state index is 0.913. The average Bonchev–Trinajstić information content (AvgIpc) is 3.11. The van der Waals surface area contributed by atoms with Crippen LogP contribution in [0.15, 0.2) is 48.5 Å². The molecule has 4 heteroatoms. The maximum absolute atomic E-state index is 5.10. The van der Waals surface area contributed by atoms with Gasteiger partial charge in [-0.05, 0) is 49.6 Å². The minimum Gasteiger partial charge on any atom is -0.379 e. The van der Waals surface area contributed by atoms with Gasteiger partial charge in [0, 0.05) is 51.6 Å². The van der Waals surface area contributed by atoms with Crippen molar-refractivity contribution < 1.29 is 4.74 Å². The smallest absolute Gasteiger partial charge is 0.0594 e. The standard InChI is InChI=1S/C10H13N.C9H11N.C5H11NO/c1-11-8-4-6-9-5-2-3-7-10(9)11;1-10-7-6-8-4-2-3-5-9(8)10;1-6-2-4-7-5-3-6/h2-3,5,7H,4,6,8H2,1H3;2-5H,6-7H2,1H3;2-5H2,1H3. The van der Waals surface area contributed by atoms with Gasteiger partial charge in [-0.1, -0.05) is 36.4 Å². The van der Waals surface area contributed by atoms with E-state index in [0.29, 0.717) is 0 Å². The molecule has 1 saturated heterocycles. The summed E-state index contributed by atoms with van der Waals surface area (Å²) in [6, 6.07) is 17.3. The first-order valence-electron chi connectivity index (χ1n) is 10.5. The van der Waals surface area contributed by atoms with Crippen LogP contribution in [0.4, 0.5) is 11.4 Å². The monoisotopic (exact) mass is 381 g/mol. The van der Waals surface area contributed by atoms with Gasteiger partial charge in [0.2, 0.25) is 0 Å². The van der Waals surface area contributed by atoms with Crippen molar-refractivity contribution in [2.45, 2.75) is 19.3 Å². The first kappa shape index (κ1) is 20.7. The van der Waals surface area contributed by atoms with E-state index in [2.05, 4.69) is 84.4 Å². The van der Waals surface area contributed by atoms with Crippen LogP contribution in [-0.2, 0) is 17.6 Å². The summed E-state index contributed by atoms with van der Waals surface area (Å²) >= 11 is 0. The van der Waals surface area contributed by atoms with E-state index in [1.165, 1.54) is 54.9 Å². The van der Waals surface area contributed by atoms with E-state index in [0.717, 1.165) is 26.3 Å². The zero-order valence-electron chi connectivity index (χ0n) is 17.7. The quantitative estimate of drug-likeness (QED) is 0.693. The summed E-state index contributed by atoms with van der Waals surface area (Å²) in [6.07, 6.45) is 3.76. The summed E-state index contributed by atoms with van der Waals surface area (Å²) < 4.78 is 5.10. The van der Waals surface area contributed by atoms with Crippen LogP contribution in [0.3, 0.4) is 0 Å². The van der Waals surface area contributed by atoms with E-state index in [9.17, 15) is 0 Å². The fourth-order valence-electron chi connectivity index (χ4n) is 3.88.